The number of piperidine rings is 1. The smallest absolute Gasteiger partial charge is 0.328 e. The predicted molar refractivity (Wildman–Crippen MR) is 128 cm³/mol. The molecule has 3 fully saturated rings. The molecule has 4 aliphatic rings. The second kappa shape index (κ2) is 8.48. The van der Waals surface area contributed by atoms with Crippen molar-refractivity contribution in [1.82, 2.24) is 20.4 Å². The number of hydrogen-bond donors (Lipinski definition) is 2. The van der Waals surface area contributed by atoms with E-state index in [9.17, 15) is 19.2 Å². The van der Waals surface area contributed by atoms with Gasteiger partial charge >= 0.3 is 6.03 Å². The highest BCUT2D eigenvalue weighted by Gasteiger charge is 2.58. The Morgan fingerprint density at radius 2 is 1.51 bits per heavy atom. The number of fused-ring (bicyclic) bond motifs is 1. The van der Waals surface area contributed by atoms with E-state index in [1.54, 1.807) is 49.4 Å². The molecule has 11 heteroatoms. The number of benzene rings is 2. The molecule has 4 aliphatic heterocycles. The third-order valence-corrected chi connectivity index (χ3v) is 7.76. The van der Waals surface area contributed by atoms with Crippen LogP contribution in [0.4, 0.5) is 4.79 Å². The number of carbonyl (C=O) groups is 4. The summed E-state index contributed by atoms with van der Waals surface area (Å²) in [5.74, 6) is 0.980. The molecule has 6 rings (SSSR count). The molecule has 4 heterocycles. The first-order valence-electron chi connectivity index (χ1n) is 12.1. The molecular formula is C26H26N4O7. The lowest BCUT2D eigenvalue weighted by atomic mass is 9.70. The van der Waals surface area contributed by atoms with Crippen LogP contribution in [0, 0.1) is 5.41 Å². The second-order valence-corrected chi connectivity index (χ2v) is 9.95. The molecule has 11 nitrogen and oxygen atoms in total. The number of imide groups is 2. The van der Waals surface area contributed by atoms with E-state index in [0.717, 1.165) is 12.8 Å². The van der Waals surface area contributed by atoms with Crippen molar-refractivity contribution in [2.24, 2.45) is 5.41 Å². The predicted octanol–water partition coefficient (Wildman–Crippen LogP) is 1.71. The number of amides is 5. The molecule has 2 aromatic rings. The van der Waals surface area contributed by atoms with Gasteiger partial charge in [-0.3, -0.25) is 29.9 Å². The summed E-state index contributed by atoms with van der Waals surface area (Å²) in [5, 5.41) is 4.57. The number of likely N-dealkylation sites (tertiary alicyclic amines) is 2. The second-order valence-electron chi connectivity index (χ2n) is 9.95. The number of ether oxygens (including phenoxy) is 3. The zero-order valence-electron chi connectivity index (χ0n) is 20.2. The van der Waals surface area contributed by atoms with Gasteiger partial charge in [-0.05, 0) is 42.7 Å². The van der Waals surface area contributed by atoms with Crippen LogP contribution < -0.4 is 24.8 Å². The fraction of sp³-hybridized carbons (Fsp3) is 0.385. The Morgan fingerprint density at radius 3 is 2.16 bits per heavy atom. The molecule has 2 aromatic carbocycles. The summed E-state index contributed by atoms with van der Waals surface area (Å²) in [6.07, 6.45) is 1.47. The minimum absolute atomic E-state index is 0.00309. The lowest BCUT2D eigenvalue weighted by Gasteiger charge is -2.56. The van der Waals surface area contributed by atoms with Gasteiger partial charge in [0, 0.05) is 44.6 Å². The summed E-state index contributed by atoms with van der Waals surface area (Å²) >= 11 is 0. The van der Waals surface area contributed by atoms with E-state index >= 15 is 0 Å². The fourth-order valence-electron chi connectivity index (χ4n) is 5.71. The van der Waals surface area contributed by atoms with Crippen LogP contribution in [-0.4, -0.2) is 66.5 Å². The van der Waals surface area contributed by atoms with Gasteiger partial charge in [-0.25, -0.2) is 4.79 Å². The van der Waals surface area contributed by atoms with E-state index in [0.29, 0.717) is 54.7 Å². The Balaban J connectivity index is 1.25. The van der Waals surface area contributed by atoms with Crippen LogP contribution in [0.2, 0.25) is 0 Å². The number of nitrogens with zero attached hydrogens (tertiary/aromatic N) is 2. The van der Waals surface area contributed by atoms with Gasteiger partial charge in [-0.15, -0.1) is 0 Å². The number of barbiturate groups is 1. The molecule has 0 aromatic heterocycles. The van der Waals surface area contributed by atoms with Gasteiger partial charge in [-0.1, -0.05) is 12.1 Å². The lowest BCUT2D eigenvalue weighted by molar-refractivity contribution is -0.155. The zero-order valence-corrected chi connectivity index (χ0v) is 20.2. The fourth-order valence-corrected chi connectivity index (χ4v) is 5.71. The summed E-state index contributed by atoms with van der Waals surface area (Å²) in [4.78, 5) is 54.0. The molecule has 0 atom stereocenters. The molecule has 0 radical (unpaired) electrons. The van der Waals surface area contributed by atoms with Gasteiger partial charge in [0.05, 0.1) is 0 Å². The highest BCUT2D eigenvalue weighted by Crippen LogP contribution is 2.44. The quantitative estimate of drug-likeness (QED) is 0.601. The van der Waals surface area contributed by atoms with E-state index in [1.807, 2.05) is 9.80 Å². The molecule has 0 unspecified atom stereocenters. The Morgan fingerprint density at radius 1 is 0.892 bits per heavy atom. The molecule has 1 spiro atoms. The Kier molecular flexibility index (Phi) is 5.34. The molecule has 5 amide bonds. The molecule has 37 heavy (non-hydrogen) atoms. The van der Waals surface area contributed by atoms with E-state index in [4.69, 9.17) is 14.2 Å². The summed E-state index contributed by atoms with van der Waals surface area (Å²) in [5.41, 5.74) is -1.26. The van der Waals surface area contributed by atoms with Gasteiger partial charge in [-0.2, -0.15) is 0 Å². The van der Waals surface area contributed by atoms with Crippen LogP contribution in [-0.2, 0) is 19.9 Å². The van der Waals surface area contributed by atoms with Gasteiger partial charge < -0.3 is 19.1 Å². The first-order valence-corrected chi connectivity index (χ1v) is 12.1. The molecule has 0 saturated carbocycles. The van der Waals surface area contributed by atoms with Crippen LogP contribution in [0.25, 0.3) is 0 Å². The number of hydrogen-bond acceptors (Lipinski definition) is 8. The average Bonchev–Trinajstić information content (AvgIpc) is 3.31. The zero-order chi connectivity index (χ0) is 25.8. The highest BCUT2D eigenvalue weighted by molar-refractivity contribution is 6.22. The molecular weight excluding hydrogens is 480 g/mol. The lowest BCUT2D eigenvalue weighted by Crippen LogP contribution is -2.73. The minimum Gasteiger partial charge on any atom is -0.457 e. The van der Waals surface area contributed by atoms with Crippen molar-refractivity contribution >= 4 is 23.8 Å². The Labute approximate surface area is 212 Å². The van der Waals surface area contributed by atoms with Gasteiger partial charge in [0.1, 0.15) is 11.5 Å². The van der Waals surface area contributed by atoms with E-state index in [-0.39, 0.29) is 18.1 Å². The first-order chi connectivity index (χ1) is 17.8. The topological polar surface area (TPSA) is 127 Å². The van der Waals surface area contributed by atoms with Gasteiger partial charge in [0.25, 0.3) is 11.8 Å². The number of urea groups is 1. The van der Waals surface area contributed by atoms with Crippen molar-refractivity contribution in [1.29, 1.82) is 0 Å². The maximum Gasteiger partial charge on any atom is 0.328 e. The van der Waals surface area contributed by atoms with Crippen molar-refractivity contribution in [3.05, 3.63) is 48.0 Å². The third-order valence-electron chi connectivity index (χ3n) is 7.76. The van der Waals surface area contributed by atoms with Crippen molar-refractivity contribution in [2.45, 2.75) is 25.3 Å². The Hall–Kier alpha value is -4.12. The van der Waals surface area contributed by atoms with Crippen LogP contribution in [0.1, 0.15) is 25.3 Å². The van der Waals surface area contributed by atoms with Gasteiger partial charge in [0.2, 0.25) is 18.2 Å². The standard InChI is InChI=1S/C26H26N4O7/c1-16(31)29-13-25(14-29)8-10-30(11-9-25)26(22(32)27-24(34)28-23(26)33)17-2-4-18(5-3-17)37-19-6-7-20-21(12-19)36-15-35-20/h2-7,12H,8-11,13-15H2,1H3,(H2,27,28,32,33,34). The third kappa shape index (κ3) is 3.77. The summed E-state index contributed by atoms with van der Waals surface area (Å²) < 4.78 is 16.6. The van der Waals surface area contributed by atoms with E-state index in [2.05, 4.69) is 10.6 Å². The maximum absolute atomic E-state index is 13.4. The van der Waals surface area contributed by atoms with Crippen molar-refractivity contribution in [2.75, 3.05) is 33.0 Å². The summed E-state index contributed by atoms with van der Waals surface area (Å²) in [7, 11) is 0. The largest absolute Gasteiger partial charge is 0.457 e. The Bertz CT molecular complexity index is 1270. The summed E-state index contributed by atoms with van der Waals surface area (Å²) in [6.45, 7) is 4.03. The number of carbonyl (C=O) groups excluding carboxylic acids is 4. The van der Waals surface area contributed by atoms with Crippen LogP contribution in [0.5, 0.6) is 23.0 Å². The number of nitrogens with one attached hydrogen (secondary N) is 2. The van der Waals surface area contributed by atoms with E-state index < -0.39 is 23.4 Å². The molecule has 3 saturated heterocycles. The monoisotopic (exact) mass is 506 g/mol. The van der Waals surface area contributed by atoms with Crippen LogP contribution in [0.3, 0.4) is 0 Å². The summed E-state index contributed by atoms with van der Waals surface area (Å²) in [6, 6.07) is 11.1. The van der Waals surface area contributed by atoms with Crippen molar-refractivity contribution < 1.29 is 33.4 Å². The van der Waals surface area contributed by atoms with Crippen molar-refractivity contribution in [3.63, 3.8) is 0 Å². The number of rotatable bonds is 4. The average molecular weight is 507 g/mol. The maximum atomic E-state index is 13.4. The minimum atomic E-state index is -1.70. The van der Waals surface area contributed by atoms with Gasteiger partial charge in [0.15, 0.2) is 11.5 Å². The highest BCUT2D eigenvalue weighted by atomic mass is 16.7. The van der Waals surface area contributed by atoms with E-state index in [1.165, 1.54) is 0 Å². The normalized spacial score (nSPS) is 21.8. The van der Waals surface area contributed by atoms with Crippen LogP contribution >= 0.6 is 0 Å². The van der Waals surface area contributed by atoms with Crippen LogP contribution in [0.15, 0.2) is 42.5 Å². The van der Waals surface area contributed by atoms with Crippen molar-refractivity contribution in [3.8, 4) is 23.0 Å². The SMILES string of the molecule is CC(=O)N1CC2(CCN(C3(c4ccc(Oc5ccc6c(c5)OCO6)cc4)C(=O)NC(=O)NC3=O)CC2)C1. The molecule has 0 aliphatic carbocycles. The molecule has 0 bridgehead atoms. The molecule has 192 valence electrons. The first kappa shape index (κ1) is 23.3. The molecule has 2 N–H and O–H groups in total.